The van der Waals surface area contributed by atoms with E-state index in [-0.39, 0.29) is 43.5 Å². The van der Waals surface area contributed by atoms with Crippen LogP contribution in [-0.2, 0) is 29.2 Å². The van der Waals surface area contributed by atoms with E-state index in [4.69, 9.17) is 19.4 Å². The highest BCUT2D eigenvalue weighted by Crippen LogP contribution is 2.46. The highest BCUT2D eigenvalue weighted by Gasteiger charge is 2.62. The van der Waals surface area contributed by atoms with Crippen molar-refractivity contribution in [3.8, 4) is 22.2 Å². The number of pyridine rings is 1. The second kappa shape index (κ2) is 16.7. The maximum atomic E-state index is 15.0. The van der Waals surface area contributed by atoms with Crippen molar-refractivity contribution in [2.75, 3.05) is 26.7 Å². The molecule has 1 aromatic carbocycles. The van der Waals surface area contributed by atoms with Gasteiger partial charge in [-0.2, -0.15) is 0 Å². The SMILES string of the molecule is C=C[C@@H]1CC1(NC(=O)[C@@H]1C[C@@H](Oc2cc(-c3nc(C(C)C)cs3)nc3c(C)c(OC)ccc23)CN1C(=O)[C@@H](CC(=O)N1CCCCC1)C(C)(C)C)C(=O)NS(=O)(=O)C1CC1. The summed E-state index contributed by atoms with van der Waals surface area (Å²) < 4.78 is 40.4. The molecule has 7 rings (SSSR count). The number of hydrogen-bond acceptors (Lipinski definition) is 11. The zero-order valence-electron chi connectivity index (χ0n) is 35.7. The van der Waals surface area contributed by atoms with Gasteiger partial charge in [0.1, 0.15) is 39.9 Å². The molecule has 0 radical (unpaired) electrons. The van der Waals surface area contributed by atoms with E-state index in [1.165, 1.54) is 22.3 Å². The maximum absolute atomic E-state index is 15.0. The number of ether oxygens (including phenoxy) is 2. The first-order valence-corrected chi connectivity index (χ1v) is 23.5. The van der Waals surface area contributed by atoms with Crippen LogP contribution in [0.15, 0.2) is 36.2 Å². The normalized spacial score (nSPS) is 23.6. The van der Waals surface area contributed by atoms with E-state index in [1.54, 1.807) is 7.11 Å². The first-order valence-electron chi connectivity index (χ1n) is 21.1. The third-order valence-corrected chi connectivity index (χ3v) is 15.2. The van der Waals surface area contributed by atoms with Crippen molar-refractivity contribution in [2.24, 2.45) is 17.3 Å². The molecule has 3 aromatic rings. The zero-order chi connectivity index (χ0) is 43.3. The minimum Gasteiger partial charge on any atom is -0.496 e. The summed E-state index contributed by atoms with van der Waals surface area (Å²) in [5.74, 6) is -1.82. The highest BCUT2D eigenvalue weighted by molar-refractivity contribution is 7.91. The van der Waals surface area contributed by atoms with Crippen molar-refractivity contribution < 1.29 is 37.1 Å². The number of rotatable bonds is 14. The van der Waals surface area contributed by atoms with E-state index < -0.39 is 62.0 Å². The molecule has 0 spiro atoms. The molecule has 2 aliphatic heterocycles. The summed E-state index contributed by atoms with van der Waals surface area (Å²) in [5, 5.41) is 5.68. The molecule has 324 valence electrons. The lowest BCUT2D eigenvalue weighted by Crippen LogP contribution is -2.57. The van der Waals surface area contributed by atoms with Crippen LogP contribution in [0.2, 0.25) is 0 Å². The van der Waals surface area contributed by atoms with Gasteiger partial charge in [0.05, 0.1) is 36.0 Å². The standard InChI is InChI=1S/C44H58N6O8S2/c1-9-27-22-44(27,42(54)48-60(55,56)29-13-14-29)47-39(52)34-19-28(23-50(34)41(53)31(43(5,6)7)20-37(51)49-17-11-10-12-18-49)58-36-21-32(40-46-33(24-59-40)25(2)3)45-38-26(4)35(57-8)16-15-30(36)38/h9,15-16,21,24-25,27-29,31,34H,1,10-14,17-20,22-23H2,2-8H3,(H,47,52)(H,48,54)/t27-,28-,31-,34+,44?/m1/s1. The Morgan fingerprint density at radius 3 is 2.40 bits per heavy atom. The summed E-state index contributed by atoms with van der Waals surface area (Å²) in [6.45, 7) is 17.0. The number of nitrogens with zero attached hydrogens (tertiary/aromatic N) is 4. The topological polar surface area (TPSA) is 177 Å². The molecule has 14 nitrogen and oxygen atoms in total. The third-order valence-electron chi connectivity index (χ3n) is 12.5. The van der Waals surface area contributed by atoms with E-state index in [1.807, 2.05) is 56.2 Å². The van der Waals surface area contributed by atoms with Gasteiger partial charge >= 0.3 is 0 Å². The Morgan fingerprint density at radius 2 is 1.80 bits per heavy atom. The first-order chi connectivity index (χ1) is 28.4. The second-order valence-corrected chi connectivity index (χ2v) is 21.1. The number of methoxy groups -OCH3 is 1. The number of sulfonamides is 1. The molecule has 2 saturated carbocycles. The highest BCUT2D eigenvalue weighted by atomic mass is 32.2. The van der Waals surface area contributed by atoms with Crippen molar-refractivity contribution in [1.29, 1.82) is 0 Å². The van der Waals surface area contributed by atoms with Gasteiger partial charge in [-0.3, -0.25) is 23.9 Å². The van der Waals surface area contributed by atoms with Crippen molar-refractivity contribution >= 4 is 55.9 Å². The Hall–Kier alpha value is -4.57. The number of likely N-dealkylation sites (tertiary alicyclic amines) is 2. The van der Waals surface area contributed by atoms with Crippen molar-refractivity contribution in [2.45, 2.75) is 122 Å². The predicted molar refractivity (Wildman–Crippen MR) is 230 cm³/mol. The van der Waals surface area contributed by atoms with Gasteiger partial charge in [0.15, 0.2) is 0 Å². The van der Waals surface area contributed by atoms with Crippen LogP contribution < -0.4 is 19.5 Å². The molecule has 16 heteroatoms. The van der Waals surface area contributed by atoms with Crippen molar-refractivity contribution in [1.82, 2.24) is 29.8 Å². The Labute approximate surface area is 356 Å². The summed E-state index contributed by atoms with van der Waals surface area (Å²) in [4.78, 5) is 70.2. The van der Waals surface area contributed by atoms with Crippen LogP contribution in [0.3, 0.4) is 0 Å². The number of benzene rings is 1. The van der Waals surface area contributed by atoms with Gasteiger partial charge in [0.2, 0.25) is 27.7 Å². The molecule has 2 aromatic heterocycles. The van der Waals surface area contributed by atoms with E-state index in [2.05, 4.69) is 30.5 Å². The molecule has 4 heterocycles. The van der Waals surface area contributed by atoms with Crippen LogP contribution >= 0.6 is 11.3 Å². The van der Waals surface area contributed by atoms with Crippen LogP contribution in [0.4, 0.5) is 0 Å². The van der Waals surface area contributed by atoms with Crippen LogP contribution in [-0.4, -0.2) is 101 Å². The number of aromatic nitrogens is 2. The van der Waals surface area contributed by atoms with Gasteiger partial charge in [0, 0.05) is 54.2 Å². The molecule has 4 aliphatic rings. The number of carbonyl (C=O) groups excluding carboxylic acids is 4. The molecule has 2 saturated heterocycles. The van der Waals surface area contributed by atoms with Gasteiger partial charge in [-0.15, -0.1) is 17.9 Å². The number of piperidine rings is 1. The van der Waals surface area contributed by atoms with Crippen molar-refractivity contribution in [3.05, 3.63) is 47.5 Å². The van der Waals surface area contributed by atoms with Gasteiger partial charge in [-0.05, 0) is 68.9 Å². The lowest BCUT2D eigenvalue weighted by molar-refractivity contribution is -0.148. The maximum Gasteiger partial charge on any atom is 0.259 e. The largest absolute Gasteiger partial charge is 0.496 e. The van der Waals surface area contributed by atoms with E-state index in [0.29, 0.717) is 59.0 Å². The van der Waals surface area contributed by atoms with Crippen LogP contribution in [0.5, 0.6) is 11.5 Å². The van der Waals surface area contributed by atoms with E-state index in [0.717, 1.165) is 30.5 Å². The molecule has 4 amide bonds. The minimum atomic E-state index is -3.91. The predicted octanol–water partition coefficient (Wildman–Crippen LogP) is 5.88. The Bertz CT molecular complexity index is 2290. The molecule has 5 atom stereocenters. The Kier molecular flexibility index (Phi) is 12.1. The fraction of sp³-hybridized carbons (Fsp3) is 0.591. The van der Waals surface area contributed by atoms with Gasteiger partial charge in [-0.1, -0.05) is 40.7 Å². The average molecular weight is 863 g/mol. The van der Waals surface area contributed by atoms with Crippen LogP contribution in [0.25, 0.3) is 21.6 Å². The summed E-state index contributed by atoms with van der Waals surface area (Å²) in [5.41, 5.74) is 0.818. The lowest BCUT2D eigenvalue weighted by Gasteiger charge is -2.36. The number of nitrogens with one attached hydrogen (secondary N) is 2. The van der Waals surface area contributed by atoms with Gasteiger partial charge in [0.25, 0.3) is 5.91 Å². The lowest BCUT2D eigenvalue weighted by atomic mass is 9.77. The van der Waals surface area contributed by atoms with Crippen LogP contribution in [0, 0.1) is 24.2 Å². The molecule has 4 fully saturated rings. The Morgan fingerprint density at radius 1 is 1.08 bits per heavy atom. The molecule has 0 bridgehead atoms. The van der Waals surface area contributed by atoms with Gasteiger partial charge < -0.3 is 24.6 Å². The first kappa shape index (κ1) is 43.5. The number of amides is 4. The second-order valence-electron chi connectivity index (χ2n) is 18.3. The summed E-state index contributed by atoms with van der Waals surface area (Å²) >= 11 is 1.48. The number of carbonyl (C=O) groups is 4. The Balaban J connectivity index is 1.23. The average Bonchev–Trinajstić information content (AvgIpc) is 4.09. The number of hydrogen-bond donors (Lipinski definition) is 2. The molecule has 2 N–H and O–H groups in total. The smallest absolute Gasteiger partial charge is 0.259 e. The molecule has 2 aliphatic carbocycles. The van der Waals surface area contributed by atoms with E-state index in [9.17, 15) is 27.6 Å². The van der Waals surface area contributed by atoms with Crippen LogP contribution in [0.1, 0.15) is 103 Å². The quantitative estimate of drug-likeness (QED) is 0.186. The molecular weight excluding hydrogens is 805 g/mol. The minimum absolute atomic E-state index is 0.0184. The monoisotopic (exact) mass is 862 g/mol. The summed E-state index contributed by atoms with van der Waals surface area (Å²) in [6, 6.07) is 4.46. The molecule has 1 unspecified atom stereocenters. The number of fused-ring (bicyclic) bond motifs is 1. The zero-order valence-corrected chi connectivity index (χ0v) is 37.3. The third kappa shape index (κ3) is 8.77. The van der Waals surface area contributed by atoms with E-state index >= 15 is 0 Å². The summed E-state index contributed by atoms with van der Waals surface area (Å²) in [7, 11) is -2.31. The fourth-order valence-electron chi connectivity index (χ4n) is 8.46. The molecular formula is C44H58N6O8S2. The summed E-state index contributed by atoms with van der Waals surface area (Å²) in [6.07, 6.45) is 4.85. The number of thiazole rings is 1. The van der Waals surface area contributed by atoms with Crippen molar-refractivity contribution in [3.63, 3.8) is 0 Å². The van der Waals surface area contributed by atoms with Gasteiger partial charge in [-0.25, -0.2) is 18.4 Å². The molecule has 60 heavy (non-hydrogen) atoms. The number of aryl methyl sites for hydroxylation is 1. The fourth-order valence-corrected chi connectivity index (χ4v) is 10.8.